The van der Waals surface area contributed by atoms with Crippen molar-refractivity contribution in [2.75, 3.05) is 36.9 Å². The lowest BCUT2D eigenvalue weighted by molar-refractivity contribution is -0.120. The predicted molar refractivity (Wildman–Crippen MR) is 118 cm³/mol. The molecule has 10 nitrogen and oxygen atoms in total. The topological polar surface area (TPSA) is 132 Å². The van der Waals surface area contributed by atoms with Crippen LogP contribution in [0.3, 0.4) is 0 Å². The summed E-state index contributed by atoms with van der Waals surface area (Å²) < 4.78 is 26.6. The number of amides is 1. The Kier molecular flexibility index (Phi) is 6.05. The van der Waals surface area contributed by atoms with Crippen molar-refractivity contribution >= 4 is 38.5 Å². The van der Waals surface area contributed by atoms with Crippen LogP contribution >= 0.6 is 0 Å². The summed E-state index contributed by atoms with van der Waals surface area (Å²) >= 11 is 0. The number of piperidine rings is 1. The van der Waals surface area contributed by atoms with Crippen molar-refractivity contribution in [3.63, 3.8) is 0 Å². The molecule has 31 heavy (non-hydrogen) atoms. The Morgan fingerprint density at radius 3 is 2.94 bits per heavy atom. The second-order valence-electron chi connectivity index (χ2n) is 7.35. The van der Waals surface area contributed by atoms with E-state index in [0.717, 1.165) is 36.2 Å². The van der Waals surface area contributed by atoms with Gasteiger partial charge in [-0.05, 0) is 38.1 Å². The average Bonchev–Trinajstić information content (AvgIpc) is 3.27. The van der Waals surface area contributed by atoms with Crippen LogP contribution in [0.2, 0.25) is 0 Å². The first kappa shape index (κ1) is 21.1. The number of H-pyrrole nitrogens is 1. The van der Waals surface area contributed by atoms with Crippen LogP contribution in [0.15, 0.2) is 47.8 Å². The van der Waals surface area contributed by atoms with Gasteiger partial charge in [-0.25, -0.2) is 23.1 Å². The molecule has 4 rings (SSSR count). The highest BCUT2D eigenvalue weighted by molar-refractivity contribution is 7.89. The molecule has 0 unspecified atom stereocenters. The van der Waals surface area contributed by atoms with Crippen molar-refractivity contribution in [3.05, 3.63) is 42.9 Å². The van der Waals surface area contributed by atoms with Crippen molar-refractivity contribution in [1.29, 1.82) is 0 Å². The molecule has 0 aliphatic carbocycles. The molecule has 164 valence electrons. The van der Waals surface area contributed by atoms with Gasteiger partial charge < -0.3 is 20.5 Å². The fourth-order valence-corrected chi connectivity index (χ4v) is 4.72. The third kappa shape index (κ3) is 4.62. The fourth-order valence-electron chi connectivity index (χ4n) is 3.81. The first-order chi connectivity index (χ1) is 15.0. The van der Waals surface area contributed by atoms with Crippen LogP contribution in [0.5, 0.6) is 0 Å². The van der Waals surface area contributed by atoms with Gasteiger partial charge in [-0.2, -0.15) is 0 Å². The number of para-hydroxylation sites is 1. The van der Waals surface area contributed by atoms with Crippen molar-refractivity contribution in [2.24, 2.45) is 0 Å². The SMILES string of the molecule is CNS(=O)(=O)c1ccccc1NCC(=O)N[C@@H]1CCCN(c2ncnc3[nH]ccc23)C1. The summed E-state index contributed by atoms with van der Waals surface area (Å²) in [5.41, 5.74) is 1.17. The first-order valence-electron chi connectivity index (χ1n) is 10.1. The third-order valence-corrected chi connectivity index (χ3v) is 6.78. The van der Waals surface area contributed by atoms with Crippen molar-refractivity contribution in [2.45, 2.75) is 23.8 Å². The molecule has 4 N–H and O–H groups in total. The Balaban J connectivity index is 1.38. The normalized spacial score (nSPS) is 16.9. The Morgan fingerprint density at radius 2 is 2.10 bits per heavy atom. The number of nitrogens with one attached hydrogen (secondary N) is 4. The maximum atomic E-state index is 12.5. The van der Waals surface area contributed by atoms with Crippen LogP contribution in [-0.4, -0.2) is 62.0 Å². The molecular formula is C20H25N7O3S. The monoisotopic (exact) mass is 443 g/mol. The molecule has 1 atom stereocenters. The molecule has 1 aromatic carbocycles. The summed E-state index contributed by atoms with van der Waals surface area (Å²) in [6.45, 7) is 1.48. The number of benzene rings is 1. The maximum absolute atomic E-state index is 12.5. The van der Waals surface area contributed by atoms with Gasteiger partial charge in [0.1, 0.15) is 22.7 Å². The number of sulfonamides is 1. The molecule has 1 amide bonds. The summed E-state index contributed by atoms with van der Waals surface area (Å²) in [4.78, 5) is 26.6. The lowest BCUT2D eigenvalue weighted by Crippen LogP contribution is -2.49. The Hall–Kier alpha value is -3.18. The molecule has 0 spiro atoms. The highest BCUT2D eigenvalue weighted by atomic mass is 32.2. The molecule has 11 heteroatoms. The van der Waals surface area contributed by atoms with E-state index >= 15 is 0 Å². The lowest BCUT2D eigenvalue weighted by Gasteiger charge is -2.34. The number of aromatic nitrogens is 3. The summed E-state index contributed by atoms with van der Waals surface area (Å²) in [5, 5.41) is 6.94. The number of carbonyl (C=O) groups is 1. The van der Waals surface area contributed by atoms with E-state index < -0.39 is 10.0 Å². The summed E-state index contributed by atoms with van der Waals surface area (Å²) in [6.07, 6.45) is 5.17. The van der Waals surface area contributed by atoms with Crippen LogP contribution in [0.4, 0.5) is 11.5 Å². The maximum Gasteiger partial charge on any atom is 0.242 e. The molecule has 1 aliphatic heterocycles. The van der Waals surface area contributed by atoms with Crippen LogP contribution < -0.4 is 20.3 Å². The van der Waals surface area contributed by atoms with Gasteiger partial charge in [-0.3, -0.25) is 4.79 Å². The fraction of sp³-hybridized carbons (Fsp3) is 0.350. The lowest BCUT2D eigenvalue weighted by atomic mass is 10.1. The number of hydrogen-bond acceptors (Lipinski definition) is 7. The van der Waals surface area contributed by atoms with Crippen LogP contribution in [-0.2, 0) is 14.8 Å². The van der Waals surface area contributed by atoms with Crippen LogP contribution in [0.25, 0.3) is 11.0 Å². The molecule has 1 aliphatic rings. The number of anilines is 2. The quantitative estimate of drug-likeness (QED) is 0.429. The van der Waals surface area contributed by atoms with Gasteiger partial charge in [-0.15, -0.1) is 0 Å². The number of fused-ring (bicyclic) bond motifs is 1. The molecule has 0 saturated carbocycles. The van der Waals surface area contributed by atoms with Gasteiger partial charge >= 0.3 is 0 Å². The highest BCUT2D eigenvalue weighted by Gasteiger charge is 2.24. The molecule has 1 fully saturated rings. The van der Waals surface area contributed by atoms with Gasteiger partial charge in [0.25, 0.3) is 0 Å². The Bertz CT molecular complexity index is 1180. The number of hydrogen-bond donors (Lipinski definition) is 4. The molecule has 3 heterocycles. The summed E-state index contributed by atoms with van der Waals surface area (Å²) in [5.74, 6) is 0.660. The second-order valence-corrected chi connectivity index (χ2v) is 9.20. The van der Waals surface area contributed by atoms with E-state index in [1.54, 1.807) is 18.2 Å². The van der Waals surface area contributed by atoms with E-state index in [1.165, 1.54) is 19.4 Å². The van der Waals surface area contributed by atoms with E-state index in [-0.39, 0.29) is 23.4 Å². The molecule has 3 aromatic rings. The van der Waals surface area contributed by atoms with Gasteiger partial charge in [0, 0.05) is 25.3 Å². The zero-order valence-electron chi connectivity index (χ0n) is 17.1. The number of nitrogens with zero attached hydrogens (tertiary/aromatic N) is 3. The van der Waals surface area contributed by atoms with Gasteiger partial charge in [0.05, 0.1) is 17.6 Å². The van der Waals surface area contributed by atoms with Crippen molar-refractivity contribution < 1.29 is 13.2 Å². The van der Waals surface area contributed by atoms with E-state index in [0.29, 0.717) is 12.2 Å². The van der Waals surface area contributed by atoms with Gasteiger partial charge in [0.15, 0.2) is 0 Å². The minimum Gasteiger partial charge on any atom is -0.375 e. The summed E-state index contributed by atoms with van der Waals surface area (Å²) in [6, 6.07) is 8.42. The first-order valence-corrected chi connectivity index (χ1v) is 11.5. The highest BCUT2D eigenvalue weighted by Crippen LogP contribution is 2.25. The molecule has 1 saturated heterocycles. The molecule has 0 bridgehead atoms. The number of aromatic amines is 1. The van der Waals surface area contributed by atoms with Crippen molar-refractivity contribution in [3.8, 4) is 0 Å². The van der Waals surface area contributed by atoms with E-state index in [1.807, 2.05) is 12.3 Å². The smallest absolute Gasteiger partial charge is 0.242 e. The Morgan fingerprint density at radius 1 is 1.26 bits per heavy atom. The van der Waals surface area contributed by atoms with E-state index in [2.05, 4.69) is 35.2 Å². The zero-order valence-corrected chi connectivity index (χ0v) is 17.9. The third-order valence-electron chi connectivity index (χ3n) is 5.30. The second kappa shape index (κ2) is 8.90. The number of carbonyl (C=O) groups excluding carboxylic acids is 1. The molecule has 2 aromatic heterocycles. The summed E-state index contributed by atoms with van der Waals surface area (Å²) in [7, 11) is -2.27. The average molecular weight is 444 g/mol. The van der Waals surface area contributed by atoms with E-state index in [9.17, 15) is 13.2 Å². The standard InChI is InChI=1S/C20H25N7O3S/c1-21-31(29,30)17-7-3-2-6-16(17)23-11-18(28)26-14-5-4-10-27(12-14)20-15-8-9-22-19(15)24-13-25-20/h2-3,6-9,13-14,21,23H,4-5,10-12H2,1H3,(H,26,28)(H,22,24,25)/t14-/m1/s1. The van der Waals surface area contributed by atoms with E-state index in [4.69, 9.17) is 0 Å². The largest absolute Gasteiger partial charge is 0.375 e. The minimum atomic E-state index is -3.62. The zero-order chi connectivity index (χ0) is 21.8. The van der Waals surface area contributed by atoms with Crippen molar-refractivity contribution in [1.82, 2.24) is 25.0 Å². The molecule has 0 radical (unpaired) electrons. The molecular weight excluding hydrogens is 418 g/mol. The van der Waals surface area contributed by atoms with Crippen LogP contribution in [0.1, 0.15) is 12.8 Å². The number of rotatable bonds is 7. The van der Waals surface area contributed by atoms with Crippen LogP contribution in [0, 0.1) is 0 Å². The predicted octanol–water partition coefficient (Wildman–Crippen LogP) is 1.06. The van der Waals surface area contributed by atoms with Gasteiger partial charge in [0.2, 0.25) is 15.9 Å². The van der Waals surface area contributed by atoms with Gasteiger partial charge in [-0.1, -0.05) is 12.1 Å². The minimum absolute atomic E-state index is 0.0247. The Labute approximate surface area is 180 Å².